The lowest BCUT2D eigenvalue weighted by atomic mass is 10.1. The van der Waals surface area contributed by atoms with Gasteiger partial charge in [0.25, 0.3) is 5.91 Å². The lowest BCUT2D eigenvalue weighted by Gasteiger charge is -2.00. The minimum Gasteiger partial charge on any atom is -0.363 e. The molecule has 0 saturated carbocycles. The number of imidazole rings is 2. The smallest absolute Gasteiger partial charge is 0.286 e. The fourth-order valence-electron chi connectivity index (χ4n) is 4.12. The van der Waals surface area contributed by atoms with Crippen molar-refractivity contribution in [1.29, 1.82) is 5.26 Å². The number of nitrogens with zero attached hydrogens (tertiary/aromatic N) is 7. The molecule has 9 nitrogen and oxygen atoms in total. The number of hydrogen-bond donors (Lipinski definition) is 1. The van der Waals surface area contributed by atoms with Crippen molar-refractivity contribution in [2.24, 2.45) is 5.73 Å². The number of rotatable bonds is 5. The van der Waals surface area contributed by atoms with Gasteiger partial charge in [-0.15, -0.1) is 0 Å². The Morgan fingerprint density at radius 1 is 0.769 bits per heavy atom. The van der Waals surface area contributed by atoms with E-state index in [2.05, 4.69) is 20.2 Å². The third-order valence-electron chi connectivity index (χ3n) is 5.93. The number of aromatic nitrogens is 6. The Hall–Kier alpha value is -5.50. The van der Waals surface area contributed by atoms with Gasteiger partial charge < -0.3 is 5.73 Å². The number of benzene rings is 2. The molecule has 4 aromatic heterocycles. The van der Waals surface area contributed by atoms with E-state index in [4.69, 9.17) is 11.0 Å². The maximum absolute atomic E-state index is 13.7. The number of primary amides is 1. The molecule has 2 aromatic carbocycles. The van der Waals surface area contributed by atoms with Crippen molar-refractivity contribution >= 4 is 16.9 Å². The third kappa shape index (κ3) is 5.17. The minimum absolute atomic E-state index is 0.0481. The van der Waals surface area contributed by atoms with Gasteiger partial charge in [-0.05, 0) is 47.5 Å². The molecule has 6 aromatic rings. The first-order chi connectivity index (χ1) is 19.0. The molecule has 192 valence electrons. The van der Waals surface area contributed by atoms with E-state index in [1.165, 1.54) is 27.4 Å². The van der Waals surface area contributed by atoms with Crippen LogP contribution in [0, 0.1) is 23.0 Å². The topological polar surface area (TPSA) is 127 Å². The Kier molecular flexibility index (Phi) is 7.00. The van der Waals surface area contributed by atoms with Crippen LogP contribution in [0.25, 0.3) is 11.0 Å². The Labute approximate surface area is 220 Å². The van der Waals surface area contributed by atoms with Crippen molar-refractivity contribution in [3.05, 3.63) is 131 Å². The van der Waals surface area contributed by atoms with Gasteiger partial charge in [0.1, 0.15) is 17.7 Å². The fourth-order valence-corrected chi connectivity index (χ4v) is 4.12. The standard InChI is InChI=1S/C14H11FN4O.C14H9FN4/c15-10-5-2-1-4-9(10)8-11-12-6-3-7-17-19(12)14(18-11)13(16)20;15-11-5-2-1-4-10(11)8-12-13-6-3-7-17-19(13)14(9-16)18-12/h1-7H,8H2,(H2,16,20);1-7H,8H2. The Balaban J connectivity index is 0.000000158. The molecule has 1 amide bonds. The van der Waals surface area contributed by atoms with E-state index in [1.807, 2.05) is 12.1 Å². The number of fused-ring (bicyclic) bond motifs is 2. The second-order valence-electron chi connectivity index (χ2n) is 8.42. The van der Waals surface area contributed by atoms with Gasteiger partial charge in [0.2, 0.25) is 11.6 Å². The highest BCUT2D eigenvalue weighted by molar-refractivity contribution is 5.90. The molecule has 11 heteroatoms. The van der Waals surface area contributed by atoms with Gasteiger partial charge in [0, 0.05) is 25.2 Å². The van der Waals surface area contributed by atoms with Crippen molar-refractivity contribution in [1.82, 2.24) is 29.2 Å². The summed E-state index contributed by atoms with van der Waals surface area (Å²) in [5.74, 6) is -0.989. The van der Waals surface area contributed by atoms with Crippen molar-refractivity contribution in [3.8, 4) is 6.07 Å². The van der Waals surface area contributed by atoms with Gasteiger partial charge in [-0.1, -0.05) is 36.4 Å². The number of carbonyl (C=O) groups excluding carboxylic acids is 1. The zero-order chi connectivity index (χ0) is 27.4. The van der Waals surface area contributed by atoms with E-state index in [0.29, 0.717) is 34.5 Å². The molecule has 2 N–H and O–H groups in total. The first-order valence-corrected chi connectivity index (χ1v) is 11.8. The first kappa shape index (κ1) is 25.2. The van der Waals surface area contributed by atoms with Crippen molar-refractivity contribution in [3.63, 3.8) is 0 Å². The monoisotopic (exact) mass is 522 g/mol. The predicted octanol–water partition coefficient (Wildman–Crippen LogP) is 3.89. The summed E-state index contributed by atoms with van der Waals surface area (Å²) in [6.45, 7) is 0. The van der Waals surface area contributed by atoms with Crippen LogP contribution in [0.15, 0.2) is 85.2 Å². The highest BCUT2D eigenvalue weighted by Gasteiger charge is 2.17. The van der Waals surface area contributed by atoms with Crippen LogP contribution >= 0.6 is 0 Å². The molecule has 0 aliphatic carbocycles. The lowest BCUT2D eigenvalue weighted by molar-refractivity contribution is 0.0988. The molecular weight excluding hydrogens is 502 g/mol. The molecule has 0 spiro atoms. The molecular formula is C28H20F2N8O. The number of amides is 1. The van der Waals surface area contributed by atoms with Gasteiger partial charge in [0.15, 0.2) is 0 Å². The Morgan fingerprint density at radius 2 is 1.28 bits per heavy atom. The van der Waals surface area contributed by atoms with Crippen LogP contribution in [0.4, 0.5) is 8.78 Å². The molecule has 0 unspecified atom stereocenters. The zero-order valence-corrected chi connectivity index (χ0v) is 20.4. The van der Waals surface area contributed by atoms with E-state index in [-0.39, 0.29) is 29.7 Å². The van der Waals surface area contributed by atoms with Crippen molar-refractivity contribution in [2.45, 2.75) is 12.8 Å². The summed E-state index contributed by atoms with van der Waals surface area (Å²) in [7, 11) is 0. The van der Waals surface area contributed by atoms with E-state index in [9.17, 15) is 13.6 Å². The minimum atomic E-state index is -0.668. The maximum atomic E-state index is 13.7. The number of hydrogen-bond acceptors (Lipinski definition) is 6. The highest BCUT2D eigenvalue weighted by atomic mass is 19.1. The van der Waals surface area contributed by atoms with Gasteiger partial charge in [0.05, 0.1) is 22.4 Å². The summed E-state index contributed by atoms with van der Waals surface area (Å²) in [5, 5.41) is 17.1. The molecule has 0 radical (unpaired) electrons. The predicted molar refractivity (Wildman–Crippen MR) is 138 cm³/mol. The Morgan fingerprint density at radius 3 is 1.82 bits per heavy atom. The van der Waals surface area contributed by atoms with Crippen LogP contribution in [0.2, 0.25) is 0 Å². The highest BCUT2D eigenvalue weighted by Crippen LogP contribution is 2.19. The first-order valence-electron chi connectivity index (χ1n) is 11.8. The average molecular weight is 523 g/mol. The largest absolute Gasteiger partial charge is 0.363 e. The van der Waals surface area contributed by atoms with Crippen LogP contribution in [0.1, 0.15) is 39.0 Å². The third-order valence-corrected chi connectivity index (χ3v) is 5.93. The molecule has 4 heterocycles. The van der Waals surface area contributed by atoms with E-state index < -0.39 is 5.91 Å². The van der Waals surface area contributed by atoms with E-state index in [1.54, 1.807) is 60.8 Å². The summed E-state index contributed by atoms with van der Waals surface area (Å²) < 4.78 is 30.2. The van der Waals surface area contributed by atoms with E-state index >= 15 is 0 Å². The van der Waals surface area contributed by atoms with Gasteiger partial charge in [-0.25, -0.2) is 27.8 Å². The SMILES string of the molecule is N#Cc1nc(Cc2ccccc2F)c2cccnn12.NC(=O)c1nc(Cc2ccccc2F)c2cccnn12. The number of nitrogens with two attached hydrogens (primary N) is 1. The number of carbonyl (C=O) groups is 1. The number of halogens is 2. The van der Waals surface area contributed by atoms with Gasteiger partial charge >= 0.3 is 0 Å². The summed E-state index contributed by atoms with van der Waals surface area (Å²) in [4.78, 5) is 19.8. The summed E-state index contributed by atoms with van der Waals surface area (Å²) in [6.07, 6.45) is 3.73. The molecule has 0 bridgehead atoms. The molecule has 0 fully saturated rings. The quantitative estimate of drug-likeness (QED) is 0.366. The van der Waals surface area contributed by atoms with Crippen LogP contribution in [0.3, 0.4) is 0 Å². The van der Waals surface area contributed by atoms with Crippen LogP contribution < -0.4 is 5.73 Å². The molecule has 0 atom stereocenters. The zero-order valence-electron chi connectivity index (χ0n) is 20.4. The molecule has 0 aliphatic heterocycles. The summed E-state index contributed by atoms with van der Waals surface area (Å²) >= 11 is 0. The second kappa shape index (κ2) is 10.9. The van der Waals surface area contributed by atoms with E-state index in [0.717, 1.165) is 5.52 Å². The van der Waals surface area contributed by atoms with Crippen molar-refractivity contribution in [2.75, 3.05) is 0 Å². The molecule has 6 rings (SSSR count). The van der Waals surface area contributed by atoms with Gasteiger partial charge in [-0.3, -0.25) is 4.79 Å². The summed E-state index contributed by atoms with van der Waals surface area (Å²) in [6, 6.07) is 22.1. The van der Waals surface area contributed by atoms with Crippen molar-refractivity contribution < 1.29 is 13.6 Å². The lowest BCUT2D eigenvalue weighted by Crippen LogP contribution is -2.16. The van der Waals surface area contributed by atoms with Crippen LogP contribution in [0.5, 0.6) is 0 Å². The molecule has 39 heavy (non-hydrogen) atoms. The summed E-state index contributed by atoms with van der Waals surface area (Å²) in [5.41, 5.74) is 8.92. The second-order valence-corrected chi connectivity index (χ2v) is 8.42. The van der Waals surface area contributed by atoms with Crippen LogP contribution in [-0.4, -0.2) is 35.1 Å². The fraction of sp³-hybridized carbons (Fsp3) is 0.0714. The number of nitriles is 1. The van der Waals surface area contributed by atoms with Crippen LogP contribution in [-0.2, 0) is 12.8 Å². The normalized spacial score (nSPS) is 10.7. The Bertz CT molecular complexity index is 1850. The van der Waals surface area contributed by atoms with Gasteiger partial charge in [-0.2, -0.15) is 15.5 Å². The molecule has 0 aliphatic rings. The maximum Gasteiger partial charge on any atom is 0.286 e. The average Bonchev–Trinajstić information content (AvgIpc) is 3.50. The molecule has 0 saturated heterocycles.